The van der Waals surface area contributed by atoms with Gasteiger partial charge in [-0.15, -0.1) is 0 Å². The lowest BCUT2D eigenvalue weighted by Gasteiger charge is -2.53. The zero-order chi connectivity index (χ0) is 20.4. The van der Waals surface area contributed by atoms with Gasteiger partial charge >= 0.3 is 11.9 Å². The molecule has 8 aliphatic carbocycles. The van der Waals surface area contributed by atoms with Crippen LogP contribution in [0.25, 0.3) is 0 Å². The van der Waals surface area contributed by atoms with Crippen molar-refractivity contribution >= 4 is 23.5 Å². The van der Waals surface area contributed by atoms with E-state index in [1.54, 1.807) is 0 Å². The molecule has 10 aliphatic rings. The Labute approximate surface area is 170 Å². The van der Waals surface area contributed by atoms with Crippen molar-refractivity contribution in [3.63, 3.8) is 0 Å². The molecule has 8 saturated carbocycles. The summed E-state index contributed by atoms with van der Waals surface area (Å²) in [6, 6.07) is 0. The molecule has 0 unspecified atom stereocenters. The van der Waals surface area contributed by atoms with Crippen molar-refractivity contribution in [1.82, 2.24) is 0 Å². The second-order valence-electron chi connectivity index (χ2n) is 11.1. The topological polar surface area (TPSA) is 112 Å². The molecule has 0 spiro atoms. The largest absolute Gasteiger partial charge is 0.469 e. The molecule has 8 heteroatoms. The molecule has 0 aromatic heterocycles. The number of hydrogen-bond donors (Lipinski definition) is 0. The van der Waals surface area contributed by atoms with E-state index in [9.17, 15) is 19.2 Å². The Hall–Kier alpha value is -1.80. The third-order valence-corrected chi connectivity index (χ3v) is 11.7. The molecule has 12 atom stereocenters. The van der Waals surface area contributed by atoms with E-state index in [-0.39, 0.29) is 47.1 Å². The third kappa shape index (κ3) is 0.835. The summed E-state index contributed by atoms with van der Waals surface area (Å²) in [6.07, 6.45) is 1.99. The van der Waals surface area contributed by atoms with Gasteiger partial charge in [-0.3, -0.25) is 19.2 Å². The van der Waals surface area contributed by atoms with Gasteiger partial charge in [0.2, 0.25) is 0 Å². The summed E-state index contributed by atoms with van der Waals surface area (Å²) >= 11 is 0. The van der Waals surface area contributed by atoms with Crippen molar-refractivity contribution in [2.24, 2.45) is 46.3 Å². The van der Waals surface area contributed by atoms with Crippen LogP contribution in [0.4, 0.5) is 0 Å². The highest BCUT2D eigenvalue weighted by molar-refractivity contribution is 6.07. The molecule has 8 nitrogen and oxygen atoms in total. The highest BCUT2D eigenvalue weighted by Gasteiger charge is 3.16. The molecule has 0 N–H and O–H groups in total. The smallest absolute Gasteiger partial charge is 0.313 e. The molecule has 0 radical (unpaired) electrons. The zero-order valence-corrected chi connectivity index (χ0v) is 16.6. The van der Waals surface area contributed by atoms with Gasteiger partial charge in [0.1, 0.15) is 11.2 Å². The minimum Gasteiger partial charge on any atom is -0.469 e. The Balaban J connectivity index is 1.43. The maximum atomic E-state index is 13.8. The Morgan fingerprint density at radius 3 is 1.53 bits per heavy atom. The van der Waals surface area contributed by atoms with E-state index in [0.717, 1.165) is 0 Å². The number of carbonyl (C=O) groups is 4. The highest BCUT2D eigenvalue weighted by Crippen LogP contribution is 3.05. The zero-order valence-electron chi connectivity index (χ0n) is 16.6. The summed E-state index contributed by atoms with van der Waals surface area (Å²) in [7, 11) is 2.69. The molecule has 156 valence electrons. The average molecular weight is 412 g/mol. The molecule has 30 heavy (non-hydrogen) atoms. The molecule has 10 rings (SSSR count). The lowest BCUT2D eigenvalue weighted by molar-refractivity contribution is -0.197. The lowest BCUT2D eigenvalue weighted by atomic mass is 9.43. The van der Waals surface area contributed by atoms with Crippen LogP contribution in [-0.4, -0.2) is 60.1 Å². The number of methoxy groups -OCH3 is 2. The number of Topliss-reactive ketones (excluding diaryl/α,β-unsaturated/α-hetero) is 2. The standard InChI is InChI=1S/C22H20O8/c1-27-15(25)19-11-9-10-12(18-6-4-7(23)21(18,30-18)13(10)19)20(19,16(26)28-2)14(9)22-8(24)3-5-17(11,22)29-22/h9-14H,3-6H2,1-2H3/t9-,10+,11-,12-,13-,14+,17+,18-,19-,20+,21-,22-/m0/s1. The summed E-state index contributed by atoms with van der Waals surface area (Å²) in [5, 5.41) is 0. The van der Waals surface area contributed by atoms with E-state index < -0.39 is 45.2 Å². The summed E-state index contributed by atoms with van der Waals surface area (Å²) in [5.74, 6) is -2.09. The predicted octanol–water partition coefficient (Wildman–Crippen LogP) is -0.188. The Kier molecular flexibility index (Phi) is 1.90. The quantitative estimate of drug-likeness (QED) is 0.453. The molecule has 8 bridgehead atoms. The fraction of sp³-hybridized carbons (Fsp3) is 0.818. The number of hydrogen-bond acceptors (Lipinski definition) is 8. The van der Waals surface area contributed by atoms with E-state index in [4.69, 9.17) is 18.9 Å². The first-order valence-electron chi connectivity index (χ1n) is 11.0. The molecular formula is C22H20O8. The average Bonchev–Trinajstić information content (AvgIpc) is 3.06. The number of ketones is 2. The van der Waals surface area contributed by atoms with Gasteiger partial charge in [0.25, 0.3) is 0 Å². The fourth-order valence-electron chi connectivity index (χ4n) is 12.1. The van der Waals surface area contributed by atoms with Crippen LogP contribution in [0.2, 0.25) is 0 Å². The van der Waals surface area contributed by atoms with E-state index in [1.807, 2.05) is 0 Å². The van der Waals surface area contributed by atoms with Gasteiger partial charge in [-0.25, -0.2) is 0 Å². The lowest BCUT2D eigenvalue weighted by Crippen LogP contribution is -2.69. The third-order valence-electron chi connectivity index (χ3n) is 11.7. The van der Waals surface area contributed by atoms with E-state index in [2.05, 4.69) is 0 Å². The molecule has 0 aromatic carbocycles. The van der Waals surface area contributed by atoms with Crippen LogP contribution >= 0.6 is 0 Å². The molecule has 10 fully saturated rings. The summed E-state index contributed by atoms with van der Waals surface area (Å²) in [6.45, 7) is 0. The van der Waals surface area contributed by atoms with Crippen LogP contribution < -0.4 is 0 Å². The second kappa shape index (κ2) is 3.58. The minimum absolute atomic E-state index is 0.00671. The predicted molar refractivity (Wildman–Crippen MR) is 91.4 cm³/mol. The number of ether oxygens (including phenoxy) is 4. The van der Waals surface area contributed by atoms with Crippen molar-refractivity contribution in [2.75, 3.05) is 14.2 Å². The van der Waals surface area contributed by atoms with Crippen molar-refractivity contribution in [1.29, 1.82) is 0 Å². The number of carbonyl (C=O) groups excluding carboxylic acids is 4. The normalized spacial score (nSPS) is 69.4. The Morgan fingerprint density at radius 2 is 1.17 bits per heavy atom. The van der Waals surface area contributed by atoms with Crippen molar-refractivity contribution in [2.45, 2.75) is 48.1 Å². The van der Waals surface area contributed by atoms with Gasteiger partial charge in [-0.2, -0.15) is 0 Å². The van der Waals surface area contributed by atoms with Crippen molar-refractivity contribution in [3.8, 4) is 0 Å². The van der Waals surface area contributed by atoms with Crippen LogP contribution in [0.1, 0.15) is 25.7 Å². The van der Waals surface area contributed by atoms with Crippen molar-refractivity contribution < 1.29 is 38.1 Å². The second-order valence-corrected chi connectivity index (χ2v) is 11.1. The van der Waals surface area contributed by atoms with Crippen LogP contribution in [0, 0.1) is 46.3 Å². The molecule has 2 aliphatic heterocycles. The van der Waals surface area contributed by atoms with Crippen LogP contribution in [0.5, 0.6) is 0 Å². The summed E-state index contributed by atoms with van der Waals surface area (Å²) in [4.78, 5) is 53.8. The first-order valence-corrected chi connectivity index (χ1v) is 11.0. The first kappa shape index (κ1) is 15.9. The van der Waals surface area contributed by atoms with Gasteiger partial charge in [0, 0.05) is 36.5 Å². The van der Waals surface area contributed by atoms with E-state index in [1.165, 1.54) is 14.2 Å². The summed E-state index contributed by atoms with van der Waals surface area (Å²) < 4.78 is 23.4. The first-order chi connectivity index (χ1) is 14.4. The van der Waals surface area contributed by atoms with Crippen LogP contribution in [0.15, 0.2) is 0 Å². The van der Waals surface area contributed by atoms with Crippen molar-refractivity contribution in [3.05, 3.63) is 0 Å². The van der Waals surface area contributed by atoms with Crippen LogP contribution in [0.3, 0.4) is 0 Å². The van der Waals surface area contributed by atoms with Gasteiger partial charge in [0.05, 0.1) is 25.0 Å². The maximum Gasteiger partial charge on any atom is 0.313 e. The molecule has 2 heterocycles. The number of rotatable bonds is 2. The molecule has 2 saturated heterocycles. The maximum absolute atomic E-state index is 13.8. The summed E-state index contributed by atoms with van der Waals surface area (Å²) in [5.41, 5.74) is -5.69. The van der Waals surface area contributed by atoms with Gasteiger partial charge in [-0.1, -0.05) is 0 Å². The highest BCUT2D eigenvalue weighted by atomic mass is 16.7. The van der Waals surface area contributed by atoms with Gasteiger partial charge in [0.15, 0.2) is 22.8 Å². The fourth-order valence-corrected chi connectivity index (χ4v) is 12.1. The Bertz CT molecular complexity index is 1030. The Morgan fingerprint density at radius 1 is 0.767 bits per heavy atom. The molecule has 0 amide bonds. The number of esters is 2. The van der Waals surface area contributed by atoms with E-state index in [0.29, 0.717) is 25.7 Å². The van der Waals surface area contributed by atoms with Gasteiger partial charge < -0.3 is 18.9 Å². The molecular weight excluding hydrogens is 392 g/mol. The number of epoxide rings is 2. The molecule has 0 aromatic rings. The monoisotopic (exact) mass is 412 g/mol. The minimum atomic E-state index is -1.20. The SMILES string of the molecule is COC(=O)[C@@]12[C@H]3[C@@H]4[C@@H]5[C@H]([C@]1(C(=O)OC)[C@@H]4[C@]14O[C@]31CCC4=O)[C@@]13CCC(=O)[C@]1(O3)[C@@H]52. The van der Waals surface area contributed by atoms with E-state index >= 15 is 0 Å². The van der Waals surface area contributed by atoms with Gasteiger partial charge in [-0.05, 0) is 24.7 Å². The van der Waals surface area contributed by atoms with Crippen LogP contribution in [-0.2, 0) is 38.1 Å².